The van der Waals surface area contributed by atoms with Crippen LogP contribution in [0.25, 0.3) is 0 Å². The van der Waals surface area contributed by atoms with Gasteiger partial charge in [-0.05, 0) is 26.3 Å². The molecule has 0 amide bonds. The highest BCUT2D eigenvalue weighted by atomic mass is 16.7. The summed E-state index contributed by atoms with van der Waals surface area (Å²) in [5.41, 5.74) is 0. The molecule has 12 heavy (non-hydrogen) atoms. The predicted octanol–water partition coefficient (Wildman–Crippen LogP) is 1.14. The topological polar surface area (TPSA) is 30.5 Å². The summed E-state index contributed by atoms with van der Waals surface area (Å²) in [5, 5.41) is 3.24. The molecule has 1 rings (SSSR count). The van der Waals surface area contributed by atoms with E-state index in [9.17, 15) is 0 Å². The molecule has 2 atom stereocenters. The Balaban J connectivity index is 2.28. The summed E-state index contributed by atoms with van der Waals surface area (Å²) in [6.45, 7) is 3.69. The summed E-state index contributed by atoms with van der Waals surface area (Å²) in [7, 11) is 1.98. The van der Waals surface area contributed by atoms with Crippen molar-refractivity contribution >= 4 is 0 Å². The van der Waals surface area contributed by atoms with Crippen LogP contribution in [0.5, 0.6) is 0 Å². The predicted molar refractivity (Wildman–Crippen MR) is 48.1 cm³/mol. The highest BCUT2D eigenvalue weighted by Crippen LogP contribution is 2.09. The van der Waals surface area contributed by atoms with Gasteiger partial charge in [-0.1, -0.05) is 6.92 Å². The fourth-order valence-electron chi connectivity index (χ4n) is 1.36. The van der Waals surface area contributed by atoms with Crippen LogP contribution in [-0.4, -0.2) is 32.6 Å². The largest absolute Gasteiger partial charge is 0.353 e. The molecule has 1 N–H and O–H groups in total. The smallest absolute Gasteiger partial charge is 0.157 e. The number of ether oxygens (including phenoxy) is 2. The lowest BCUT2D eigenvalue weighted by atomic mass is 10.1. The highest BCUT2D eigenvalue weighted by Gasteiger charge is 2.14. The molecule has 1 aliphatic rings. The average molecular weight is 173 g/mol. The van der Waals surface area contributed by atoms with E-state index in [2.05, 4.69) is 12.2 Å². The molecule has 0 aromatic rings. The van der Waals surface area contributed by atoms with Gasteiger partial charge in [0.1, 0.15) is 0 Å². The second-order valence-electron chi connectivity index (χ2n) is 3.17. The van der Waals surface area contributed by atoms with Gasteiger partial charge in [0.05, 0.1) is 6.61 Å². The Morgan fingerprint density at radius 2 is 2.25 bits per heavy atom. The van der Waals surface area contributed by atoms with Gasteiger partial charge in [0.15, 0.2) is 6.29 Å². The maximum absolute atomic E-state index is 5.55. The first-order valence-corrected chi connectivity index (χ1v) is 4.77. The third-order valence-corrected chi connectivity index (χ3v) is 2.23. The Bertz CT molecular complexity index is 105. The Labute approximate surface area is 74.4 Å². The maximum atomic E-state index is 5.55. The summed E-state index contributed by atoms with van der Waals surface area (Å²) in [5.74, 6) is 0. The molecule has 72 valence electrons. The minimum Gasteiger partial charge on any atom is -0.353 e. The lowest BCUT2D eigenvalue weighted by Crippen LogP contribution is -2.35. The van der Waals surface area contributed by atoms with Crippen LogP contribution in [0.4, 0.5) is 0 Å². The van der Waals surface area contributed by atoms with E-state index in [4.69, 9.17) is 9.47 Å². The van der Waals surface area contributed by atoms with Crippen molar-refractivity contribution in [2.75, 3.05) is 20.3 Å². The van der Waals surface area contributed by atoms with E-state index in [1.54, 1.807) is 0 Å². The van der Waals surface area contributed by atoms with Gasteiger partial charge in [-0.3, -0.25) is 0 Å². The Kier molecular flexibility index (Phi) is 4.58. The van der Waals surface area contributed by atoms with Crippen LogP contribution in [0.1, 0.15) is 26.2 Å². The third kappa shape index (κ3) is 3.09. The molecule has 0 radical (unpaired) electrons. The molecule has 1 fully saturated rings. The standard InChI is InChI=1S/C9H19NO2/c1-3-9-11-6-4-5-8(10-2)7-12-9/h8-10H,3-7H2,1-2H3. The Hall–Kier alpha value is -0.120. The summed E-state index contributed by atoms with van der Waals surface area (Å²) in [6.07, 6.45) is 3.23. The lowest BCUT2D eigenvalue weighted by molar-refractivity contribution is -0.157. The first-order chi connectivity index (χ1) is 5.86. The first-order valence-electron chi connectivity index (χ1n) is 4.77. The van der Waals surface area contributed by atoms with Gasteiger partial charge < -0.3 is 14.8 Å². The van der Waals surface area contributed by atoms with Crippen LogP contribution in [0, 0.1) is 0 Å². The van der Waals surface area contributed by atoms with Gasteiger partial charge in [-0.2, -0.15) is 0 Å². The molecular weight excluding hydrogens is 154 g/mol. The summed E-state index contributed by atoms with van der Waals surface area (Å²) in [4.78, 5) is 0. The van der Waals surface area contributed by atoms with Crippen molar-refractivity contribution in [1.82, 2.24) is 5.32 Å². The summed E-state index contributed by atoms with van der Waals surface area (Å²) in [6, 6.07) is 0.503. The second-order valence-corrected chi connectivity index (χ2v) is 3.17. The Morgan fingerprint density at radius 3 is 2.92 bits per heavy atom. The number of hydrogen-bond donors (Lipinski definition) is 1. The zero-order valence-electron chi connectivity index (χ0n) is 8.01. The minimum absolute atomic E-state index is 0.0150. The fraction of sp³-hybridized carbons (Fsp3) is 1.00. The van der Waals surface area contributed by atoms with Gasteiger partial charge in [0.2, 0.25) is 0 Å². The molecule has 1 aliphatic heterocycles. The van der Waals surface area contributed by atoms with E-state index in [0.29, 0.717) is 6.04 Å². The van der Waals surface area contributed by atoms with Crippen molar-refractivity contribution in [1.29, 1.82) is 0 Å². The third-order valence-electron chi connectivity index (χ3n) is 2.23. The molecule has 3 nitrogen and oxygen atoms in total. The van der Waals surface area contributed by atoms with Crippen molar-refractivity contribution in [3.63, 3.8) is 0 Å². The molecule has 0 aliphatic carbocycles. The van der Waals surface area contributed by atoms with Crippen molar-refractivity contribution < 1.29 is 9.47 Å². The first kappa shape index (κ1) is 9.96. The van der Waals surface area contributed by atoms with Gasteiger partial charge in [0.25, 0.3) is 0 Å². The SMILES string of the molecule is CCC1OCCCC(NC)CO1. The molecule has 3 heteroatoms. The number of likely N-dealkylation sites (N-methyl/N-ethyl adjacent to an activating group) is 1. The van der Waals surface area contributed by atoms with Crippen molar-refractivity contribution in [3.8, 4) is 0 Å². The van der Waals surface area contributed by atoms with Crippen molar-refractivity contribution in [2.24, 2.45) is 0 Å². The molecule has 0 saturated carbocycles. The van der Waals surface area contributed by atoms with Crippen LogP contribution in [-0.2, 0) is 9.47 Å². The molecule has 1 heterocycles. The van der Waals surface area contributed by atoms with Gasteiger partial charge in [-0.15, -0.1) is 0 Å². The van der Waals surface area contributed by atoms with Crippen LogP contribution < -0.4 is 5.32 Å². The van der Waals surface area contributed by atoms with Crippen LogP contribution in [0.3, 0.4) is 0 Å². The van der Waals surface area contributed by atoms with E-state index >= 15 is 0 Å². The summed E-state index contributed by atoms with van der Waals surface area (Å²) < 4.78 is 11.0. The lowest BCUT2D eigenvalue weighted by Gasteiger charge is -2.24. The molecular formula is C9H19NO2. The number of rotatable bonds is 2. The van der Waals surface area contributed by atoms with Gasteiger partial charge >= 0.3 is 0 Å². The maximum Gasteiger partial charge on any atom is 0.157 e. The fourth-order valence-corrected chi connectivity index (χ4v) is 1.36. The van der Waals surface area contributed by atoms with Gasteiger partial charge in [-0.25, -0.2) is 0 Å². The normalized spacial score (nSPS) is 32.5. The van der Waals surface area contributed by atoms with Crippen LogP contribution in [0.15, 0.2) is 0 Å². The zero-order valence-corrected chi connectivity index (χ0v) is 8.01. The van der Waals surface area contributed by atoms with E-state index in [1.165, 1.54) is 0 Å². The molecule has 1 saturated heterocycles. The van der Waals surface area contributed by atoms with E-state index in [-0.39, 0.29) is 6.29 Å². The van der Waals surface area contributed by atoms with Crippen LogP contribution in [0.2, 0.25) is 0 Å². The molecule has 0 bridgehead atoms. The second kappa shape index (κ2) is 5.51. The number of nitrogens with one attached hydrogen (secondary N) is 1. The minimum atomic E-state index is 0.0150. The van der Waals surface area contributed by atoms with Crippen molar-refractivity contribution in [2.45, 2.75) is 38.5 Å². The van der Waals surface area contributed by atoms with Crippen LogP contribution >= 0.6 is 0 Å². The monoisotopic (exact) mass is 173 g/mol. The Morgan fingerprint density at radius 1 is 1.42 bits per heavy atom. The molecule has 0 spiro atoms. The molecule has 0 aromatic carbocycles. The summed E-state index contributed by atoms with van der Waals surface area (Å²) >= 11 is 0. The van der Waals surface area contributed by atoms with E-state index < -0.39 is 0 Å². The van der Waals surface area contributed by atoms with E-state index in [1.807, 2.05) is 7.05 Å². The molecule has 2 unspecified atom stereocenters. The average Bonchev–Trinajstić information content (AvgIpc) is 2.05. The highest BCUT2D eigenvalue weighted by molar-refractivity contribution is 4.65. The zero-order chi connectivity index (χ0) is 8.81. The van der Waals surface area contributed by atoms with Gasteiger partial charge in [0, 0.05) is 12.6 Å². The molecule has 0 aromatic heterocycles. The number of hydrogen-bond acceptors (Lipinski definition) is 3. The van der Waals surface area contributed by atoms with E-state index in [0.717, 1.165) is 32.5 Å². The quantitative estimate of drug-likeness (QED) is 0.679. The van der Waals surface area contributed by atoms with Crippen molar-refractivity contribution in [3.05, 3.63) is 0 Å².